The highest BCUT2D eigenvalue weighted by Crippen LogP contribution is 2.25. The molecule has 4 rings (SSSR count). The van der Waals surface area contributed by atoms with Crippen molar-refractivity contribution in [3.8, 4) is 5.75 Å². The lowest BCUT2D eigenvalue weighted by molar-refractivity contribution is -0.116. The highest BCUT2D eigenvalue weighted by atomic mass is 16.5. The lowest BCUT2D eigenvalue weighted by Crippen LogP contribution is -2.43. The van der Waals surface area contributed by atoms with E-state index in [1.807, 2.05) is 30.3 Å². The van der Waals surface area contributed by atoms with Crippen LogP contribution in [0.1, 0.15) is 33.2 Å². The highest BCUT2D eigenvalue weighted by Gasteiger charge is 2.36. The van der Waals surface area contributed by atoms with Crippen molar-refractivity contribution in [2.75, 3.05) is 11.6 Å². The zero-order valence-electron chi connectivity index (χ0n) is 16.4. The molecule has 0 spiro atoms. The molecule has 1 aliphatic rings. The SMILES string of the molecule is CC(=O)N(CN1C(=O)c2ccccc2C1=O)c1ccc(OCc2ccccc2)cc1. The molecular formula is C24H20N2O4. The molecule has 0 N–H and O–H groups in total. The Morgan fingerprint density at radius 3 is 1.97 bits per heavy atom. The number of ether oxygens (including phenoxy) is 1. The number of imide groups is 1. The quantitative estimate of drug-likeness (QED) is 0.589. The van der Waals surface area contributed by atoms with Crippen molar-refractivity contribution in [1.29, 1.82) is 0 Å². The summed E-state index contributed by atoms with van der Waals surface area (Å²) >= 11 is 0. The average molecular weight is 400 g/mol. The highest BCUT2D eigenvalue weighted by molar-refractivity contribution is 6.21. The number of benzene rings is 3. The van der Waals surface area contributed by atoms with Gasteiger partial charge in [0.1, 0.15) is 19.0 Å². The molecule has 3 amide bonds. The zero-order valence-corrected chi connectivity index (χ0v) is 16.4. The second-order valence-electron chi connectivity index (χ2n) is 6.94. The summed E-state index contributed by atoms with van der Waals surface area (Å²) in [4.78, 5) is 40.0. The monoisotopic (exact) mass is 400 g/mol. The summed E-state index contributed by atoms with van der Waals surface area (Å²) in [7, 11) is 0. The van der Waals surface area contributed by atoms with Crippen molar-refractivity contribution < 1.29 is 19.1 Å². The first-order chi connectivity index (χ1) is 14.5. The topological polar surface area (TPSA) is 66.9 Å². The number of hydrogen-bond acceptors (Lipinski definition) is 4. The molecule has 6 heteroatoms. The minimum absolute atomic E-state index is 0.147. The number of carbonyl (C=O) groups excluding carboxylic acids is 3. The van der Waals surface area contributed by atoms with E-state index in [-0.39, 0.29) is 12.6 Å². The molecule has 0 aromatic heterocycles. The summed E-state index contributed by atoms with van der Waals surface area (Å²) in [5.41, 5.74) is 2.34. The molecule has 0 atom stereocenters. The Morgan fingerprint density at radius 1 is 0.833 bits per heavy atom. The molecule has 0 bridgehead atoms. The smallest absolute Gasteiger partial charge is 0.263 e. The lowest BCUT2D eigenvalue weighted by atomic mass is 10.1. The first kappa shape index (κ1) is 19.4. The van der Waals surface area contributed by atoms with E-state index in [0.29, 0.717) is 29.2 Å². The van der Waals surface area contributed by atoms with E-state index in [1.54, 1.807) is 48.5 Å². The fourth-order valence-corrected chi connectivity index (χ4v) is 3.34. The molecule has 30 heavy (non-hydrogen) atoms. The van der Waals surface area contributed by atoms with Crippen molar-refractivity contribution in [3.63, 3.8) is 0 Å². The second kappa shape index (κ2) is 8.21. The Bertz CT molecular complexity index is 1060. The maximum atomic E-state index is 12.6. The van der Waals surface area contributed by atoms with Crippen LogP contribution in [0.25, 0.3) is 0 Å². The molecule has 1 aliphatic heterocycles. The fourth-order valence-electron chi connectivity index (χ4n) is 3.34. The predicted molar refractivity (Wildman–Crippen MR) is 112 cm³/mol. The fraction of sp³-hybridized carbons (Fsp3) is 0.125. The van der Waals surface area contributed by atoms with E-state index >= 15 is 0 Å². The van der Waals surface area contributed by atoms with Crippen molar-refractivity contribution in [3.05, 3.63) is 95.6 Å². The van der Waals surface area contributed by atoms with Gasteiger partial charge in [-0.05, 0) is 42.0 Å². The lowest BCUT2D eigenvalue weighted by Gasteiger charge is -2.26. The van der Waals surface area contributed by atoms with Crippen LogP contribution in [-0.4, -0.2) is 29.3 Å². The van der Waals surface area contributed by atoms with Gasteiger partial charge in [0.2, 0.25) is 5.91 Å². The van der Waals surface area contributed by atoms with E-state index in [2.05, 4.69) is 0 Å². The van der Waals surface area contributed by atoms with Crippen LogP contribution in [-0.2, 0) is 11.4 Å². The van der Waals surface area contributed by atoms with E-state index < -0.39 is 11.8 Å². The summed E-state index contributed by atoms with van der Waals surface area (Å²) in [6.07, 6.45) is 0. The molecule has 6 nitrogen and oxygen atoms in total. The molecule has 3 aromatic carbocycles. The van der Waals surface area contributed by atoms with Gasteiger partial charge in [-0.2, -0.15) is 0 Å². The summed E-state index contributed by atoms with van der Waals surface area (Å²) in [6, 6.07) is 23.5. The Labute approximate surface area is 174 Å². The van der Waals surface area contributed by atoms with Crippen molar-refractivity contribution in [2.45, 2.75) is 13.5 Å². The molecule has 1 heterocycles. The van der Waals surface area contributed by atoms with E-state index in [0.717, 1.165) is 10.5 Å². The van der Waals surface area contributed by atoms with Crippen LogP contribution in [0.5, 0.6) is 5.75 Å². The molecule has 0 radical (unpaired) electrons. The number of fused-ring (bicyclic) bond motifs is 1. The van der Waals surface area contributed by atoms with Crippen LogP contribution in [0.3, 0.4) is 0 Å². The third-order valence-corrected chi connectivity index (χ3v) is 4.94. The number of rotatable bonds is 6. The molecule has 0 saturated heterocycles. The first-order valence-corrected chi connectivity index (χ1v) is 9.55. The summed E-state index contributed by atoms with van der Waals surface area (Å²) in [5, 5.41) is 0. The van der Waals surface area contributed by atoms with E-state index in [4.69, 9.17) is 4.74 Å². The van der Waals surface area contributed by atoms with Gasteiger partial charge in [0, 0.05) is 12.6 Å². The second-order valence-corrected chi connectivity index (χ2v) is 6.94. The summed E-state index contributed by atoms with van der Waals surface area (Å²) in [6.45, 7) is 1.69. The first-order valence-electron chi connectivity index (χ1n) is 9.55. The maximum absolute atomic E-state index is 12.6. The summed E-state index contributed by atoms with van der Waals surface area (Å²) < 4.78 is 5.78. The molecular weight excluding hydrogens is 380 g/mol. The largest absolute Gasteiger partial charge is 0.489 e. The van der Waals surface area contributed by atoms with E-state index in [1.165, 1.54) is 11.8 Å². The van der Waals surface area contributed by atoms with Crippen molar-refractivity contribution >= 4 is 23.4 Å². The van der Waals surface area contributed by atoms with Crippen molar-refractivity contribution in [1.82, 2.24) is 4.90 Å². The Morgan fingerprint density at radius 2 is 1.40 bits per heavy atom. The van der Waals surface area contributed by atoms with E-state index in [9.17, 15) is 14.4 Å². The molecule has 0 saturated carbocycles. The third-order valence-electron chi connectivity index (χ3n) is 4.94. The minimum atomic E-state index is -0.398. The minimum Gasteiger partial charge on any atom is -0.489 e. The Balaban J connectivity index is 1.48. The van der Waals surface area contributed by atoms with Crippen LogP contribution in [0.4, 0.5) is 5.69 Å². The van der Waals surface area contributed by atoms with Gasteiger partial charge in [0.15, 0.2) is 0 Å². The molecule has 0 fully saturated rings. The Kier molecular flexibility index (Phi) is 5.30. The van der Waals surface area contributed by atoms with Crippen LogP contribution in [0.2, 0.25) is 0 Å². The maximum Gasteiger partial charge on any atom is 0.263 e. The van der Waals surface area contributed by atoms with Gasteiger partial charge in [-0.15, -0.1) is 0 Å². The van der Waals surface area contributed by atoms with Crippen molar-refractivity contribution in [2.24, 2.45) is 0 Å². The third kappa shape index (κ3) is 3.80. The van der Waals surface area contributed by atoms with Gasteiger partial charge in [-0.3, -0.25) is 24.2 Å². The number of amides is 3. The van der Waals surface area contributed by atoms with Crippen LogP contribution in [0.15, 0.2) is 78.9 Å². The van der Waals surface area contributed by atoms with Crippen LogP contribution >= 0.6 is 0 Å². The standard InChI is InChI=1S/C24H20N2O4/c1-17(27)25(16-26-23(28)21-9-5-6-10-22(21)24(26)29)19-11-13-20(14-12-19)30-15-18-7-3-2-4-8-18/h2-14H,15-16H2,1H3. The van der Waals surface area contributed by atoms with Gasteiger partial charge < -0.3 is 4.74 Å². The number of anilines is 1. The number of carbonyl (C=O) groups is 3. The van der Waals surface area contributed by atoms with Crippen LogP contribution < -0.4 is 9.64 Å². The zero-order chi connectivity index (χ0) is 21.1. The average Bonchev–Trinajstić information content (AvgIpc) is 3.02. The van der Waals surface area contributed by atoms with Gasteiger partial charge in [0.05, 0.1) is 11.1 Å². The molecule has 150 valence electrons. The normalized spacial score (nSPS) is 12.6. The van der Waals surface area contributed by atoms with Crippen LogP contribution in [0, 0.1) is 0 Å². The summed E-state index contributed by atoms with van der Waals surface area (Å²) in [5.74, 6) is -0.411. The van der Waals surface area contributed by atoms with Gasteiger partial charge in [-0.25, -0.2) is 0 Å². The number of nitrogens with zero attached hydrogens (tertiary/aromatic N) is 2. The van der Waals surface area contributed by atoms with Gasteiger partial charge in [0.25, 0.3) is 11.8 Å². The Hall–Kier alpha value is -3.93. The number of hydrogen-bond donors (Lipinski definition) is 0. The predicted octanol–water partition coefficient (Wildman–Crippen LogP) is 3.87. The van der Waals surface area contributed by atoms with Gasteiger partial charge >= 0.3 is 0 Å². The molecule has 0 unspecified atom stereocenters. The van der Waals surface area contributed by atoms with Gasteiger partial charge in [-0.1, -0.05) is 42.5 Å². The molecule has 0 aliphatic carbocycles. The molecule has 3 aromatic rings.